The van der Waals surface area contributed by atoms with Gasteiger partial charge in [0.25, 0.3) is 5.56 Å². The van der Waals surface area contributed by atoms with Crippen LogP contribution in [0.15, 0.2) is 35.1 Å². The molecule has 0 spiro atoms. The number of benzene rings is 1. The lowest BCUT2D eigenvalue weighted by atomic mass is 10.1. The van der Waals surface area contributed by atoms with Crippen molar-refractivity contribution >= 4 is 11.6 Å². The Balaban J connectivity index is 2.48. The summed E-state index contributed by atoms with van der Waals surface area (Å²) in [6, 6.07) is 9.12. The van der Waals surface area contributed by atoms with Crippen LogP contribution in [0.5, 0.6) is 5.75 Å². The number of halogens is 1. The van der Waals surface area contributed by atoms with Gasteiger partial charge in [-0.2, -0.15) is 5.10 Å². The van der Waals surface area contributed by atoms with Crippen molar-refractivity contribution in [2.24, 2.45) is 0 Å². The molecule has 0 atom stereocenters. The van der Waals surface area contributed by atoms with Crippen LogP contribution in [0.1, 0.15) is 5.56 Å². The molecule has 0 fully saturated rings. The first-order valence-electron chi connectivity index (χ1n) is 5.03. The second-order valence-corrected chi connectivity index (χ2v) is 3.74. The van der Waals surface area contributed by atoms with Crippen molar-refractivity contribution in [1.29, 1.82) is 0 Å². The third-order valence-electron chi connectivity index (χ3n) is 2.39. The lowest BCUT2D eigenvalue weighted by molar-refractivity contribution is 0.415. The summed E-state index contributed by atoms with van der Waals surface area (Å²) >= 11 is 5.68. The van der Waals surface area contributed by atoms with Gasteiger partial charge in [0.1, 0.15) is 5.75 Å². The summed E-state index contributed by atoms with van der Waals surface area (Å²) in [6.07, 6.45) is 0. The molecule has 1 aromatic heterocycles. The second-order valence-electron chi connectivity index (χ2n) is 3.47. The molecule has 0 aliphatic carbocycles. The molecule has 0 saturated heterocycles. The van der Waals surface area contributed by atoms with Gasteiger partial charge in [-0.3, -0.25) is 4.79 Å². The van der Waals surface area contributed by atoms with Crippen LogP contribution in [-0.4, -0.2) is 17.3 Å². The maximum Gasteiger partial charge on any atom is 0.268 e. The number of alkyl halides is 1. The highest BCUT2D eigenvalue weighted by Gasteiger charge is 2.05. The first-order chi connectivity index (χ1) is 8.24. The number of nitrogens with zero attached hydrogens (tertiary/aromatic N) is 1. The number of aromatic nitrogens is 2. The Bertz CT molecular complexity index is 581. The highest BCUT2D eigenvalue weighted by atomic mass is 35.5. The van der Waals surface area contributed by atoms with Crippen molar-refractivity contribution in [2.45, 2.75) is 5.88 Å². The van der Waals surface area contributed by atoms with Gasteiger partial charge in [-0.1, -0.05) is 12.1 Å². The molecule has 2 aromatic rings. The fourth-order valence-electron chi connectivity index (χ4n) is 1.48. The molecule has 0 aliphatic heterocycles. The van der Waals surface area contributed by atoms with E-state index < -0.39 is 0 Å². The monoisotopic (exact) mass is 250 g/mol. The molecule has 0 amide bonds. The maximum atomic E-state index is 11.3. The molecular weight excluding hydrogens is 240 g/mol. The Morgan fingerprint density at radius 3 is 2.94 bits per heavy atom. The molecule has 0 radical (unpaired) electrons. The van der Waals surface area contributed by atoms with Crippen molar-refractivity contribution in [2.75, 3.05) is 7.11 Å². The van der Waals surface area contributed by atoms with Crippen molar-refractivity contribution in [3.63, 3.8) is 0 Å². The van der Waals surface area contributed by atoms with E-state index in [1.165, 1.54) is 0 Å². The lowest BCUT2D eigenvalue weighted by Crippen LogP contribution is -2.13. The first-order valence-corrected chi connectivity index (χ1v) is 5.57. The molecule has 0 unspecified atom stereocenters. The van der Waals surface area contributed by atoms with E-state index in [4.69, 9.17) is 16.3 Å². The molecule has 1 heterocycles. The van der Waals surface area contributed by atoms with Crippen molar-refractivity contribution in [3.05, 3.63) is 46.2 Å². The second kappa shape index (κ2) is 5.01. The minimum atomic E-state index is -0.258. The van der Waals surface area contributed by atoms with Gasteiger partial charge < -0.3 is 4.74 Å². The summed E-state index contributed by atoms with van der Waals surface area (Å²) in [5.74, 6) is 0.900. The molecule has 1 N–H and O–H groups in total. The van der Waals surface area contributed by atoms with Crippen LogP contribution >= 0.6 is 11.6 Å². The van der Waals surface area contributed by atoms with E-state index in [1.54, 1.807) is 13.2 Å². The van der Waals surface area contributed by atoms with Crippen LogP contribution in [0.25, 0.3) is 11.3 Å². The van der Waals surface area contributed by atoms with Gasteiger partial charge in [0, 0.05) is 11.1 Å². The fraction of sp³-hybridized carbons (Fsp3) is 0.167. The Labute approximate surface area is 103 Å². The zero-order valence-corrected chi connectivity index (χ0v) is 9.99. The van der Waals surface area contributed by atoms with Crippen LogP contribution in [0, 0.1) is 0 Å². The Morgan fingerprint density at radius 2 is 2.24 bits per heavy atom. The third kappa shape index (κ3) is 2.47. The number of methoxy groups -OCH3 is 1. The quantitative estimate of drug-likeness (QED) is 0.850. The summed E-state index contributed by atoms with van der Waals surface area (Å²) in [4.78, 5) is 11.3. The van der Waals surface area contributed by atoms with Gasteiger partial charge in [-0.25, -0.2) is 5.10 Å². The van der Waals surface area contributed by atoms with Crippen LogP contribution in [0.4, 0.5) is 0 Å². The molecule has 88 valence electrons. The van der Waals surface area contributed by atoms with Crippen LogP contribution < -0.4 is 10.3 Å². The number of H-pyrrole nitrogens is 1. The maximum absolute atomic E-state index is 11.3. The van der Waals surface area contributed by atoms with Crippen LogP contribution in [0.3, 0.4) is 0 Å². The zero-order chi connectivity index (χ0) is 12.3. The Morgan fingerprint density at radius 1 is 1.41 bits per heavy atom. The summed E-state index contributed by atoms with van der Waals surface area (Å²) in [7, 11) is 1.60. The molecule has 4 nitrogen and oxygen atoms in total. The number of hydrogen-bond donors (Lipinski definition) is 1. The Hall–Kier alpha value is -1.81. The van der Waals surface area contributed by atoms with E-state index >= 15 is 0 Å². The highest BCUT2D eigenvalue weighted by Crippen LogP contribution is 2.21. The average Bonchev–Trinajstić information content (AvgIpc) is 2.39. The van der Waals surface area contributed by atoms with Crippen LogP contribution in [-0.2, 0) is 5.88 Å². The lowest BCUT2D eigenvalue weighted by Gasteiger charge is -2.04. The summed E-state index contributed by atoms with van der Waals surface area (Å²) in [5.41, 5.74) is 1.78. The molecule has 0 saturated carbocycles. The zero-order valence-electron chi connectivity index (χ0n) is 9.24. The van der Waals surface area contributed by atoms with Gasteiger partial charge in [0.15, 0.2) is 0 Å². The number of hydrogen-bond acceptors (Lipinski definition) is 3. The fourth-order valence-corrected chi connectivity index (χ4v) is 1.67. The first kappa shape index (κ1) is 11.7. The third-order valence-corrected chi connectivity index (χ3v) is 2.68. The minimum Gasteiger partial charge on any atom is -0.497 e. The number of rotatable bonds is 3. The van der Waals surface area contributed by atoms with Crippen molar-refractivity contribution < 1.29 is 4.74 Å². The van der Waals surface area contributed by atoms with Gasteiger partial charge in [-0.15, -0.1) is 11.6 Å². The van der Waals surface area contributed by atoms with Crippen molar-refractivity contribution in [1.82, 2.24) is 10.2 Å². The largest absolute Gasteiger partial charge is 0.497 e. The Kier molecular flexibility index (Phi) is 3.44. The van der Waals surface area contributed by atoms with Gasteiger partial charge >= 0.3 is 0 Å². The van der Waals surface area contributed by atoms with Crippen molar-refractivity contribution in [3.8, 4) is 17.0 Å². The number of nitrogens with one attached hydrogen (secondary N) is 1. The van der Waals surface area contributed by atoms with E-state index in [0.717, 1.165) is 11.3 Å². The topological polar surface area (TPSA) is 55.0 Å². The smallest absolute Gasteiger partial charge is 0.268 e. The van der Waals surface area contributed by atoms with E-state index in [1.807, 2.05) is 24.3 Å². The normalized spacial score (nSPS) is 10.2. The molecule has 2 rings (SSSR count). The molecule has 0 aliphatic rings. The predicted molar refractivity (Wildman–Crippen MR) is 66.4 cm³/mol. The number of aromatic amines is 1. The standard InChI is InChI=1S/C12H11ClN2O2/c1-17-10-4-2-3-8(5-10)11-6-9(7-13)12(16)15-14-11/h2-6H,7H2,1H3,(H,15,16). The summed E-state index contributed by atoms with van der Waals surface area (Å²) in [5, 5.41) is 6.41. The molecule has 5 heteroatoms. The number of ether oxygens (including phenoxy) is 1. The van der Waals surface area contributed by atoms with Gasteiger partial charge in [0.2, 0.25) is 0 Å². The molecular formula is C12H11ClN2O2. The SMILES string of the molecule is COc1cccc(-c2cc(CCl)c(=O)[nH]n2)c1. The molecule has 0 bridgehead atoms. The van der Waals surface area contributed by atoms with E-state index in [2.05, 4.69) is 10.2 Å². The van der Waals surface area contributed by atoms with E-state index in [9.17, 15) is 4.79 Å². The predicted octanol–water partition coefficient (Wildman–Crippen LogP) is 2.18. The highest BCUT2D eigenvalue weighted by molar-refractivity contribution is 6.17. The van der Waals surface area contributed by atoms with Gasteiger partial charge in [0.05, 0.1) is 18.7 Å². The minimum absolute atomic E-state index is 0.162. The average molecular weight is 251 g/mol. The van der Waals surface area contributed by atoms with E-state index in [-0.39, 0.29) is 11.4 Å². The van der Waals surface area contributed by atoms with E-state index in [0.29, 0.717) is 11.3 Å². The molecule has 1 aromatic carbocycles. The summed E-state index contributed by atoms with van der Waals surface area (Å²) < 4.78 is 5.13. The van der Waals surface area contributed by atoms with Crippen LogP contribution in [0.2, 0.25) is 0 Å². The van der Waals surface area contributed by atoms with Gasteiger partial charge in [-0.05, 0) is 18.2 Å². The summed E-state index contributed by atoms with van der Waals surface area (Å²) in [6.45, 7) is 0. The molecule has 17 heavy (non-hydrogen) atoms.